The summed E-state index contributed by atoms with van der Waals surface area (Å²) in [5.41, 5.74) is 5.25. The Morgan fingerprint density at radius 2 is 1.54 bits per heavy atom. The molecule has 46 heavy (non-hydrogen) atoms. The zero-order valence-corrected chi connectivity index (χ0v) is 26.1. The fourth-order valence-corrected chi connectivity index (χ4v) is 4.58. The van der Waals surface area contributed by atoms with Gasteiger partial charge >= 0.3 is 18.1 Å². The molecule has 0 radical (unpaired) electrons. The minimum Gasteiger partial charge on any atom is -0.490 e. The maximum Gasteiger partial charge on any atom is 0.335 e. The number of para-hydroxylation sites is 2. The summed E-state index contributed by atoms with van der Waals surface area (Å²) in [5.74, 6) is 0.669. The predicted molar refractivity (Wildman–Crippen MR) is 165 cm³/mol. The molecule has 0 spiro atoms. The number of nitro benzene ring substituents is 1. The fourth-order valence-electron chi connectivity index (χ4n) is 3.32. The molecule has 0 atom stereocenters. The smallest absolute Gasteiger partial charge is 0.335 e. The van der Waals surface area contributed by atoms with E-state index in [1.54, 1.807) is 30.3 Å². The van der Waals surface area contributed by atoms with E-state index in [0.29, 0.717) is 5.75 Å². The highest BCUT2D eigenvalue weighted by molar-refractivity contribution is 7.90. The SMILES string of the molecule is COCCOc1ccccc1S(=O)(=O)NC(=O)Nc1nc(OC)nc(OC)n1.Nc1c([N+](=O)[O-])ccc(Oc2ccccc2)c1Cl. The first-order valence-corrected chi connectivity index (χ1v) is 14.7. The van der Waals surface area contributed by atoms with Crippen molar-refractivity contribution in [2.45, 2.75) is 4.90 Å². The van der Waals surface area contributed by atoms with Crippen LogP contribution in [0, 0.1) is 10.1 Å². The Labute approximate surface area is 267 Å². The molecule has 244 valence electrons. The van der Waals surface area contributed by atoms with Crippen LogP contribution in [0.1, 0.15) is 0 Å². The number of amides is 2. The molecular formula is C27H28ClN7O10S. The summed E-state index contributed by atoms with van der Waals surface area (Å²) in [6.45, 7) is 0.408. The summed E-state index contributed by atoms with van der Waals surface area (Å²) in [5, 5.41) is 12.9. The predicted octanol–water partition coefficient (Wildman–Crippen LogP) is 4.05. The highest BCUT2D eigenvalue weighted by atomic mass is 35.5. The number of ether oxygens (including phenoxy) is 5. The average molecular weight is 678 g/mol. The largest absolute Gasteiger partial charge is 0.490 e. The maximum absolute atomic E-state index is 12.5. The Bertz CT molecular complexity index is 1740. The van der Waals surface area contributed by atoms with Crippen molar-refractivity contribution >= 4 is 45.0 Å². The van der Waals surface area contributed by atoms with Gasteiger partial charge in [-0.05, 0) is 30.3 Å². The van der Waals surface area contributed by atoms with E-state index in [1.807, 2.05) is 10.8 Å². The van der Waals surface area contributed by atoms with Crippen molar-refractivity contribution in [3.8, 4) is 29.3 Å². The van der Waals surface area contributed by atoms with Crippen LogP contribution in [0.15, 0.2) is 71.6 Å². The third-order valence-corrected chi connectivity index (χ3v) is 7.14. The number of methoxy groups -OCH3 is 3. The van der Waals surface area contributed by atoms with E-state index >= 15 is 0 Å². The normalized spacial score (nSPS) is 10.5. The second-order valence-electron chi connectivity index (χ2n) is 8.46. The van der Waals surface area contributed by atoms with E-state index in [9.17, 15) is 23.3 Å². The van der Waals surface area contributed by atoms with Gasteiger partial charge in [-0.15, -0.1) is 4.98 Å². The first-order chi connectivity index (χ1) is 22.0. The number of nitrogen functional groups attached to an aromatic ring is 1. The lowest BCUT2D eigenvalue weighted by atomic mass is 10.2. The molecule has 0 fully saturated rings. The highest BCUT2D eigenvalue weighted by Gasteiger charge is 2.23. The van der Waals surface area contributed by atoms with Crippen LogP contribution in [0.5, 0.6) is 29.3 Å². The van der Waals surface area contributed by atoms with Crippen molar-refractivity contribution in [1.29, 1.82) is 0 Å². The van der Waals surface area contributed by atoms with E-state index in [-0.39, 0.29) is 64.0 Å². The van der Waals surface area contributed by atoms with Gasteiger partial charge in [-0.25, -0.2) is 17.9 Å². The molecule has 3 aromatic carbocycles. The van der Waals surface area contributed by atoms with Gasteiger partial charge in [0.15, 0.2) is 0 Å². The minimum atomic E-state index is -4.24. The number of nitro groups is 1. The third kappa shape index (κ3) is 9.78. The molecular weight excluding hydrogens is 650 g/mol. The van der Waals surface area contributed by atoms with Gasteiger partial charge in [-0.1, -0.05) is 41.9 Å². The fraction of sp³-hybridized carbons (Fsp3) is 0.185. The molecule has 17 nitrogen and oxygen atoms in total. The van der Waals surface area contributed by atoms with Crippen molar-refractivity contribution in [1.82, 2.24) is 19.7 Å². The summed E-state index contributed by atoms with van der Waals surface area (Å²) in [4.78, 5) is 33.3. The number of nitrogens with one attached hydrogen (secondary N) is 2. The highest BCUT2D eigenvalue weighted by Crippen LogP contribution is 2.38. The maximum atomic E-state index is 12.5. The topological polar surface area (TPSA) is 229 Å². The van der Waals surface area contributed by atoms with E-state index in [1.165, 1.54) is 51.7 Å². The molecule has 4 N–H and O–H groups in total. The standard InChI is InChI=1S/C15H19N5O7S.C12H9ClN2O3/c1-24-8-9-27-10-6-4-5-7-11(10)28(22,23)20-13(21)16-12-17-14(25-2)19-15(18-12)26-3;13-11-10(18-8-4-2-1-3-5-8)7-6-9(12(11)14)15(16)17/h4-7H,8-9H2,1-3H3,(H2,16,17,18,19,20,21);1-7H,14H2. The zero-order chi connectivity index (χ0) is 33.7. The average Bonchev–Trinajstić information content (AvgIpc) is 3.03. The van der Waals surface area contributed by atoms with Gasteiger partial charge < -0.3 is 29.4 Å². The van der Waals surface area contributed by atoms with Crippen LogP contribution in [0.3, 0.4) is 0 Å². The van der Waals surface area contributed by atoms with Gasteiger partial charge in [0, 0.05) is 13.2 Å². The zero-order valence-electron chi connectivity index (χ0n) is 24.5. The number of benzene rings is 3. The number of anilines is 2. The van der Waals surface area contributed by atoms with Crippen LogP contribution in [-0.2, 0) is 14.8 Å². The van der Waals surface area contributed by atoms with Crippen molar-refractivity contribution in [2.24, 2.45) is 0 Å². The molecule has 0 saturated heterocycles. The number of nitrogens with two attached hydrogens (primary N) is 1. The molecule has 1 heterocycles. The van der Waals surface area contributed by atoms with Crippen molar-refractivity contribution in [3.63, 3.8) is 0 Å². The summed E-state index contributed by atoms with van der Waals surface area (Å²) in [6, 6.07) is 16.1. The Morgan fingerprint density at radius 3 is 2.15 bits per heavy atom. The van der Waals surface area contributed by atoms with Crippen LogP contribution < -0.4 is 34.7 Å². The Kier molecular flexibility index (Phi) is 12.6. The Morgan fingerprint density at radius 1 is 0.913 bits per heavy atom. The quantitative estimate of drug-likeness (QED) is 0.0831. The van der Waals surface area contributed by atoms with E-state index < -0.39 is 21.0 Å². The number of hydrogen-bond acceptors (Lipinski definition) is 14. The van der Waals surface area contributed by atoms with Crippen molar-refractivity contribution < 1.29 is 41.8 Å². The van der Waals surface area contributed by atoms with Gasteiger partial charge in [-0.2, -0.15) is 9.97 Å². The van der Waals surface area contributed by atoms with E-state index in [2.05, 4.69) is 20.3 Å². The van der Waals surface area contributed by atoms with Gasteiger partial charge in [0.05, 0.1) is 25.7 Å². The number of hydrogen-bond donors (Lipinski definition) is 3. The number of rotatable bonds is 12. The van der Waals surface area contributed by atoms with Crippen LogP contribution in [0.4, 0.5) is 22.1 Å². The molecule has 0 saturated carbocycles. The monoisotopic (exact) mass is 677 g/mol. The molecule has 4 aromatic rings. The molecule has 0 unspecified atom stereocenters. The molecule has 0 aliphatic carbocycles. The van der Waals surface area contributed by atoms with Gasteiger partial charge in [0.2, 0.25) is 5.95 Å². The minimum absolute atomic E-state index is 0.0352. The van der Waals surface area contributed by atoms with Crippen LogP contribution >= 0.6 is 11.6 Å². The first kappa shape index (κ1) is 35.0. The van der Waals surface area contributed by atoms with Crippen LogP contribution in [0.2, 0.25) is 5.02 Å². The molecule has 0 aliphatic heterocycles. The van der Waals surface area contributed by atoms with Gasteiger partial charge in [0.1, 0.15) is 39.5 Å². The number of carbonyl (C=O) groups excluding carboxylic acids is 1. The lowest BCUT2D eigenvalue weighted by molar-refractivity contribution is -0.383. The van der Waals surface area contributed by atoms with Crippen LogP contribution in [0.25, 0.3) is 0 Å². The Balaban J connectivity index is 0.000000275. The molecule has 4 rings (SSSR count). The number of aromatic nitrogens is 3. The summed E-state index contributed by atoms with van der Waals surface area (Å²) in [6.07, 6.45) is 0. The number of urea groups is 1. The van der Waals surface area contributed by atoms with E-state index in [0.717, 1.165) is 0 Å². The lowest BCUT2D eigenvalue weighted by Gasteiger charge is -2.12. The lowest BCUT2D eigenvalue weighted by Crippen LogP contribution is -2.35. The molecule has 2 amide bonds. The first-order valence-electron chi connectivity index (χ1n) is 12.8. The molecule has 19 heteroatoms. The Hall–Kier alpha value is -5.46. The van der Waals surface area contributed by atoms with Crippen molar-refractivity contribution in [2.75, 3.05) is 45.6 Å². The summed E-state index contributed by atoms with van der Waals surface area (Å²) >= 11 is 5.94. The van der Waals surface area contributed by atoms with E-state index in [4.69, 9.17) is 41.0 Å². The second-order valence-corrected chi connectivity index (χ2v) is 10.5. The van der Waals surface area contributed by atoms with Crippen molar-refractivity contribution in [3.05, 3.63) is 81.9 Å². The molecule has 0 bridgehead atoms. The second kappa shape index (κ2) is 16.6. The summed E-state index contributed by atoms with van der Waals surface area (Å²) in [7, 11) is -0.133. The number of carbonyl (C=O) groups is 1. The number of halogens is 1. The number of nitrogens with zero attached hydrogens (tertiary/aromatic N) is 4. The molecule has 1 aromatic heterocycles. The van der Waals surface area contributed by atoms with Gasteiger partial charge in [0.25, 0.3) is 15.7 Å². The number of sulfonamides is 1. The molecule has 0 aliphatic rings. The third-order valence-electron chi connectivity index (χ3n) is 5.38. The van der Waals surface area contributed by atoms with Gasteiger partial charge in [-0.3, -0.25) is 15.4 Å². The summed E-state index contributed by atoms with van der Waals surface area (Å²) < 4.78 is 52.4. The van der Waals surface area contributed by atoms with Crippen LogP contribution in [-0.4, -0.2) is 68.9 Å².